The fraction of sp³-hybridized carbons (Fsp3) is 0.290. The molecule has 0 saturated carbocycles. The molecule has 0 unspecified atom stereocenters. The minimum atomic E-state index is 0.842. The van der Waals surface area contributed by atoms with E-state index in [9.17, 15) is 0 Å². The lowest BCUT2D eigenvalue weighted by molar-refractivity contribution is 0.253. The number of methoxy groups -OCH3 is 2. The fourth-order valence-electron chi connectivity index (χ4n) is 5.29. The monoisotopic (exact) mass is 451 g/mol. The van der Waals surface area contributed by atoms with E-state index in [0.29, 0.717) is 0 Å². The predicted octanol–water partition coefficient (Wildman–Crippen LogP) is 6.72. The van der Waals surface area contributed by atoms with Crippen molar-refractivity contribution in [2.75, 3.05) is 33.9 Å². The number of aryl methyl sites for hydroxylation is 1. The van der Waals surface area contributed by atoms with Gasteiger partial charge >= 0.3 is 0 Å². The van der Waals surface area contributed by atoms with Gasteiger partial charge in [-0.05, 0) is 71.7 Å². The van der Waals surface area contributed by atoms with Gasteiger partial charge in [0.2, 0.25) is 0 Å². The van der Waals surface area contributed by atoms with Crippen LogP contribution in [0.15, 0.2) is 72.3 Å². The molecule has 1 heterocycles. The number of nitrogens with zero attached hydrogens (tertiary/aromatic N) is 1. The van der Waals surface area contributed by atoms with Crippen LogP contribution in [0.1, 0.15) is 47.1 Å². The SMILES string of the molecule is COc1ccc(CCCN2CCC(=C3c4ccccc4C=Cc4ccccc43)CC2)c(OC)c1. The van der Waals surface area contributed by atoms with Gasteiger partial charge in [-0.25, -0.2) is 0 Å². The first-order valence-corrected chi connectivity index (χ1v) is 12.3. The highest BCUT2D eigenvalue weighted by molar-refractivity contribution is 5.94. The van der Waals surface area contributed by atoms with Crippen LogP contribution in [-0.4, -0.2) is 38.8 Å². The fourth-order valence-corrected chi connectivity index (χ4v) is 5.29. The Hall–Kier alpha value is -3.30. The van der Waals surface area contributed by atoms with Gasteiger partial charge in [0, 0.05) is 19.2 Å². The van der Waals surface area contributed by atoms with Gasteiger partial charge in [-0.15, -0.1) is 0 Å². The Balaban J connectivity index is 1.28. The minimum absolute atomic E-state index is 0.842. The second-order valence-electron chi connectivity index (χ2n) is 9.11. The Morgan fingerprint density at radius 3 is 2.03 bits per heavy atom. The van der Waals surface area contributed by atoms with E-state index in [1.54, 1.807) is 19.8 Å². The third kappa shape index (κ3) is 4.67. The summed E-state index contributed by atoms with van der Waals surface area (Å²) >= 11 is 0. The van der Waals surface area contributed by atoms with Crippen molar-refractivity contribution in [2.45, 2.75) is 25.7 Å². The number of ether oxygens (including phenoxy) is 2. The normalized spacial score (nSPS) is 15.5. The van der Waals surface area contributed by atoms with Crippen LogP contribution in [0, 0.1) is 0 Å². The molecule has 1 fully saturated rings. The first-order valence-electron chi connectivity index (χ1n) is 12.3. The molecule has 34 heavy (non-hydrogen) atoms. The lowest BCUT2D eigenvalue weighted by Gasteiger charge is -2.30. The predicted molar refractivity (Wildman–Crippen MR) is 141 cm³/mol. The molecule has 0 radical (unpaired) electrons. The first-order chi connectivity index (χ1) is 16.8. The van der Waals surface area contributed by atoms with Crippen molar-refractivity contribution in [3.8, 4) is 11.5 Å². The molecule has 3 aromatic carbocycles. The Bertz CT molecular complexity index is 1160. The van der Waals surface area contributed by atoms with Crippen LogP contribution in [0.3, 0.4) is 0 Å². The van der Waals surface area contributed by atoms with Crippen LogP contribution < -0.4 is 9.47 Å². The summed E-state index contributed by atoms with van der Waals surface area (Å²) in [5.74, 6) is 1.76. The minimum Gasteiger partial charge on any atom is -0.497 e. The maximum absolute atomic E-state index is 5.57. The zero-order valence-corrected chi connectivity index (χ0v) is 20.2. The van der Waals surface area contributed by atoms with Crippen LogP contribution in [0.4, 0.5) is 0 Å². The van der Waals surface area contributed by atoms with Gasteiger partial charge in [0.25, 0.3) is 0 Å². The molecule has 0 aromatic heterocycles. The van der Waals surface area contributed by atoms with Crippen molar-refractivity contribution >= 4 is 17.7 Å². The van der Waals surface area contributed by atoms with E-state index < -0.39 is 0 Å². The molecule has 3 heteroatoms. The highest BCUT2D eigenvalue weighted by Gasteiger charge is 2.22. The number of piperidine rings is 1. The number of hydrogen-bond acceptors (Lipinski definition) is 3. The summed E-state index contributed by atoms with van der Waals surface area (Å²) in [6.45, 7) is 3.36. The standard InChI is InChI=1S/C31H33NO2/c1-33-27-16-15-25(30(22-27)34-2)10-7-19-32-20-17-26(18-21-32)31-28-11-5-3-8-23(28)13-14-24-9-4-6-12-29(24)31/h3-6,8-9,11-16,22H,7,10,17-21H2,1-2H3. The molecule has 3 aromatic rings. The van der Waals surface area contributed by atoms with Crippen LogP contribution >= 0.6 is 0 Å². The molecule has 3 nitrogen and oxygen atoms in total. The number of hydrogen-bond donors (Lipinski definition) is 0. The second kappa shape index (κ2) is 10.3. The summed E-state index contributed by atoms with van der Waals surface area (Å²) in [5.41, 5.74) is 9.68. The van der Waals surface area contributed by atoms with Crippen LogP contribution in [0.25, 0.3) is 17.7 Å². The van der Waals surface area contributed by atoms with Gasteiger partial charge in [0.05, 0.1) is 14.2 Å². The summed E-state index contributed by atoms with van der Waals surface area (Å²) in [6.07, 6.45) is 8.94. The number of benzene rings is 3. The van der Waals surface area contributed by atoms with Crippen molar-refractivity contribution in [3.63, 3.8) is 0 Å². The van der Waals surface area contributed by atoms with Gasteiger partial charge in [0.15, 0.2) is 0 Å². The van der Waals surface area contributed by atoms with Crippen LogP contribution in [-0.2, 0) is 6.42 Å². The third-order valence-electron chi connectivity index (χ3n) is 7.13. The first kappa shape index (κ1) is 22.5. The van der Waals surface area contributed by atoms with E-state index in [2.05, 4.69) is 71.6 Å². The maximum atomic E-state index is 5.57. The van der Waals surface area contributed by atoms with Crippen molar-refractivity contribution in [2.24, 2.45) is 0 Å². The van der Waals surface area contributed by atoms with E-state index in [1.165, 1.54) is 33.4 Å². The molecule has 1 aliphatic carbocycles. The summed E-state index contributed by atoms with van der Waals surface area (Å²) in [4.78, 5) is 2.62. The Morgan fingerprint density at radius 1 is 0.765 bits per heavy atom. The van der Waals surface area contributed by atoms with Crippen LogP contribution in [0.5, 0.6) is 11.5 Å². The molecule has 174 valence electrons. The average molecular weight is 452 g/mol. The topological polar surface area (TPSA) is 21.7 Å². The summed E-state index contributed by atoms with van der Waals surface area (Å²) in [7, 11) is 3.42. The lowest BCUT2D eigenvalue weighted by atomic mass is 9.86. The smallest absolute Gasteiger partial charge is 0.125 e. The molecule has 0 N–H and O–H groups in total. The zero-order valence-electron chi connectivity index (χ0n) is 20.2. The highest BCUT2D eigenvalue weighted by atomic mass is 16.5. The molecule has 1 saturated heterocycles. The van der Waals surface area contributed by atoms with Crippen molar-refractivity contribution < 1.29 is 9.47 Å². The highest BCUT2D eigenvalue weighted by Crippen LogP contribution is 2.38. The lowest BCUT2D eigenvalue weighted by Crippen LogP contribution is -2.32. The average Bonchev–Trinajstić information content (AvgIpc) is 3.06. The molecule has 1 aliphatic heterocycles. The van der Waals surface area contributed by atoms with E-state index in [-0.39, 0.29) is 0 Å². The van der Waals surface area contributed by atoms with Gasteiger partial charge in [-0.2, -0.15) is 0 Å². The van der Waals surface area contributed by atoms with Crippen LogP contribution in [0.2, 0.25) is 0 Å². The van der Waals surface area contributed by atoms with E-state index in [1.807, 2.05) is 12.1 Å². The molecule has 0 spiro atoms. The summed E-state index contributed by atoms with van der Waals surface area (Å²) < 4.78 is 10.9. The van der Waals surface area contributed by atoms with Gasteiger partial charge in [-0.1, -0.05) is 72.3 Å². The summed E-state index contributed by atoms with van der Waals surface area (Å²) in [6, 6.07) is 23.8. The molecule has 0 bridgehead atoms. The van der Waals surface area contributed by atoms with Crippen molar-refractivity contribution in [1.29, 1.82) is 0 Å². The summed E-state index contributed by atoms with van der Waals surface area (Å²) in [5, 5.41) is 0. The van der Waals surface area contributed by atoms with E-state index in [4.69, 9.17) is 9.47 Å². The number of fused-ring (bicyclic) bond motifs is 2. The second-order valence-corrected chi connectivity index (χ2v) is 9.11. The largest absolute Gasteiger partial charge is 0.497 e. The van der Waals surface area contributed by atoms with Crippen molar-refractivity contribution in [3.05, 3.63) is 100 Å². The Morgan fingerprint density at radius 2 is 1.41 bits per heavy atom. The molecular formula is C31H33NO2. The van der Waals surface area contributed by atoms with E-state index >= 15 is 0 Å². The molecule has 0 atom stereocenters. The van der Waals surface area contributed by atoms with Crippen molar-refractivity contribution in [1.82, 2.24) is 4.90 Å². The Labute approximate surface area is 203 Å². The maximum Gasteiger partial charge on any atom is 0.125 e. The van der Waals surface area contributed by atoms with Gasteiger partial charge < -0.3 is 14.4 Å². The number of likely N-dealkylation sites (tertiary alicyclic amines) is 1. The third-order valence-corrected chi connectivity index (χ3v) is 7.13. The van der Waals surface area contributed by atoms with E-state index in [0.717, 1.165) is 56.8 Å². The molecule has 5 rings (SSSR count). The Kier molecular flexibility index (Phi) is 6.82. The molecule has 0 amide bonds. The molecular weight excluding hydrogens is 418 g/mol. The van der Waals surface area contributed by atoms with Gasteiger partial charge in [0.1, 0.15) is 11.5 Å². The number of rotatable bonds is 6. The quantitative estimate of drug-likeness (QED) is 0.325. The van der Waals surface area contributed by atoms with Gasteiger partial charge in [-0.3, -0.25) is 0 Å². The zero-order chi connectivity index (χ0) is 23.3. The molecule has 2 aliphatic rings.